The van der Waals surface area contributed by atoms with Crippen molar-refractivity contribution in [2.24, 2.45) is 22.9 Å². The Kier molecular flexibility index (Phi) is 11.1. The van der Waals surface area contributed by atoms with E-state index in [0.717, 1.165) is 55.2 Å². The van der Waals surface area contributed by atoms with E-state index in [1.165, 1.54) is 4.90 Å². The summed E-state index contributed by atoms with van der Waals surface area (Å²) in [6.07, 6.45) is 8.94. The van der Waals surface area contributed by atoms with Crippen LogP contribution in [0.25, 0.3) is 0 Å². The van der Waals surface area contributed by atoms with Gasteiger partial charge in [0.1, 0.15) is 17.5 Å². The molecule has 2 fully saturated rings. The van der Waals surface area contributed by atoms with Crippen LogP contribution in [-0.4, -0.2) is 88.8 Å². The minimum Gasteiger partial charge on any atom is -0.508 e. The first-order chi connectivity index (χ1) is 25.3. The molecule has 5 N–H and O–H groups in total. The summed E-state index contributed by atoms with van der Waals surface area (Å²) < 4.78 is 23.4. The molecule has 0 aromatic heterocycles. The summed E-state index contributed by atoms with van der Waals surface area (Å²) >= 11 is 0. The Labute approximate surface area is 304 Å². The van der Waals surface area contributed by atoms with Gasteiger partial charge in [0.15, 0.2) is 11.5 Å². The molecule has 2 amide bonds. The monoisotopic (exact) mass is 721 g/mol. The summed E-state index contributed by atoms with van der Waals surface area (Å²) in [5.41, 5.74) is 3.03. The Morgan fingerprint density at radius 2 is 1.81 bits per heavy atom. The minimum absolute atomic E-state index is 0.00250. The average molecular weight is 722 g/mol. The van der Waals surface area contributed by atoms with Crippen molar-refractivity contribution in [1.82, 2.24) is 10.2 Å². The number of phenolic OH excluding ortho intramolecular Hbond substituents is 1. The predicted molar refractivity (Wildman–Crippen MR) is 190 cm³/mol. The van der Waals surface area contributed by atoms with Crippen molar-refractivity contribution < 1.29 is 49.0 Å². The van der Waals surface area contributed by atoms with E-state index >= 15 is 0 Å². The van der Waals surface area contributed by atoms with Crippen molar-refractivity contribution in [3.63, 3.8) is 0 Å². The van der Waals surface area contributed by atoms with Crippen LogP contribution in [0.2, 0.25) is 0 Å². The van der Waals surface area contributed by atoms with Gasteiger partial charge in [-0.2, -0.15) is 0 Å². The summed E-state index contributed by atoms with van der Waals surface area (Å²) in [4.78, 5) is 21.5. The van der Waals surface area contributed by atoms with E-state index in [1.807, 2.05) is 18.2 Å². The number of nitrogens with zero attached hydrogens (tertiary/aromatic N) is 2. The SMILES string of the molecule is CN(C(=O)NCc1ccc2c(c1)OCO2)[C@H]1CC(=NOC2CCCCO2)C2=C[C@H](CCCCO)[C@@H](CCCCO)[C@@H]3c4cc(O)ccc4O[C@@]1(O)[C@H]23. The number of likely N-dealkylation sites (N-methyl/N-ethyl adjacent to an activating group) is 1. The number of carbonyl (C=O) groups is 1. The molecular formula is C39H51N3O10. The van der Waals surface area contributed by atoms with Crippen LogP contribution in [0.5, 0.6) is 23.0 Å². The number of aromatic hydroxyl groups is 1. The first-order valence-electron chi connectivity index (χ1n) is 18.7. The van der Waals surface area contributed by atoms with Crippen LogP contribution in [-0.2, 0) is 16.1 Å². The first kappa shape index (κ1) is 36.3. The van der Waals surface area contributed by atoms with E-state index in [2.05, 4.69) is 11.4 Å². The Bertz CT molecular complexity index is 1640. The van der Waals surface area contributed by atoms with Gasteiger partial charge in [-0.15, -0.1) is 0 Å². The molecule has 2 aromatic carbocycles. The topological polar surface area (TPSA) is 172 Å². The lowest BCUT2D eigenvalue weighted by molar-refractivity contribution is -0.226. The maximum atomic E-state index is 14.0. The van der Waals surface area contributed by atoms with Crippen molar-refractivity contribution >= 4 is 11.7 Å². The number of benzene rings is 2. The van der Waals surface area contributed by atoms with Gasteiger partial charge in [-0.3, -0.25) is 0 Å². The molecule has 5 aliphatic rings. The number of aliphatic hydroxyl groups is 3. The number of ether oxygens (including phenoxy) is 4. The van der Waals surface area contributed by atoms with Crippen LogP contribution < -0.4 is 19.5 Å². The Morgan fingerprint density at radius 3 is 2.60 bits per heavy atom. The van der Waals surface area contributed by atoms with Crippen LogP contribution in [0.4, 0.5) is 4.79 Å². The molecule has 0 spiro atoms. The number of oxime groups is 1. The van der Waals surface area contributed by atoms with Crippen LogP contribution in [0, 0.1) is 17.8 Å². The van der Waals surface area contributed by atoms with Gasteiger partial charge in [-0.1, -0.05) is 30.1 Å². The van der Waals surface area contributed by atoms with Crippen molar-refractivity contribution in [1.29, 1.82) is 0 Å². The second kappa shape index (κ2) is 15.9. The number of carbonyl (C=O) groups excluding carboxylic acids is 1. The number of nitrogens with one attached hydrogen (secondary N) is 1. The standard InChI is InChI=1S/C39H51N3O10/c1-42(38(46)40-22-24-11-13-32-33(18-24)50-23-49-32)34-21-30(41-52-35-10-4-7-17-48-35)28-19-25(8-2-5-15-43)27(9-3-6-16-44)36-29-20-26(45)12-14-31(29)51-39(34,47)37(28)36/h11-14,18-20,25,27,34-37,43-45,47H,2-10,15-17,21-23H2,1H3,(H,40,46)/t25-,27+,34-,35?,36+,37+,39+/m0/s1. The lowest BCUT2D eigenvalue weighted by atomic mass is 9.55. The van der Waals surface area contributed by atoms with E-state index in [4.69, 9.17) is 28.9 Å². The highest BCUT2D eigenvalue weighted by molar-refractivity contribution is 6.03. The normalized spacial score (nSPS) is 29.4. The summed E-state index contributed by atoms with van der Waals surface area (Å²) in [5, 5.41) is 50.9. The van der Waals surface area contributed by atoms with E-state index in [9.17, 15) is 25.2 Å². The van der Waals surface area contributed by atoms with Crippen molar-refractivity contribution in [2.45, 2.75) is 94.8 Å². The number of fused-ring (bicyclic) bond motifs is 3. The number of urea groups is 1. The molecule has 13 heteroatoms. The van der Waals surface area contributed by atoms with Crippen LogP contribution in [0.15, 0.2) is 53.2 Å². The molecule has 0 bridgehead atoms. The fourth-order valence-corrected chi connectivity index (χ4v) is 8.77. The minimum atomic E-state index is -1.86. The Hall–Kier alpha value is -4.04. The maximum Gasteiger partial charge on any atom is 0.317 e. The summed E-state index contributed by atoms with van der Waals surface area (Å²) in [7, 11) is 1.65. The van der Waals surface area contributed by atoms with Gasteiger partial charge in [0.25, 0.3) is 0 Å². The summed E-state index contributed by atoms with van der Waals surface area (Å²) in [6, 6.07) is 9.18. The van der Waals surface area contributed by atoms with Gasteiger partial charge in [0, 0.05) is 51.1 Å². The smallest absolute Gasteiger partial charge is 0.317 e. The van der Waals surface area contributed by atoms with E-state index in [0.29, 0.717) is 48.8 Å². The lowest BCUT2D eigenvalue weighted by Crippen LogP contribution is -2.69. The highest BCUT2D eigenvalue weighted by Gasteiger charge is 2.63. The van der Waals surface area contributed by atoms with Gasteiger partial charge in [-0.05, 0) is 91.8 Å². The molecule has 3 heterocycles. The highest BCUT2D eigenvalue weighted by atomic mass is 16.8. The highest BCUT2D eigenvalue weighted by Crippen LogP contribution is 2.60. The Morgan fingerprint density at radius 1 is 1.02 bits per heavy atom. The number of unbranched alkanes of at least 4 members (excludes halogenated alkanes) is 2. The second-order valence-corrected chi connectivity index (χ2v) is 14.6. The quantitative estimate of drug-likeness (QED) is 0.141. The molecule has 7 rings (SSSR count). The number of aliphatic hydroxyl groups excluding tert-OH is 2. The summed E-state index contributed by atoms with van der Waals surface area (Å²) in [5.74, 6) is -0.965. The zero-order chi connectivity index (χ0) is 36.2. The van der Waals surface area contributed by atoms with Crippen molar-refractivity contribution in [3.05, 3.63) is 59.2 Å². The Balaban J connectivity index is 1.27. The molecule has 2 aromatic rings. The van der Waals surface area contributed by atoms with Gasteiger partial charge in [-0.25, -0.2) is 4.79 Å². The van der Waals surface area contributed by atoms with Crippen molar-refractivity contribution in [2.75, 3.05) is 33.7 Å². The van der Waals surface area contributed by atoms with Crippen LogP contribution in [0.1, 0.15) is 81.3 Å². The number of allylic oxidation sites excluding steroid dienone is 1. The van der Waals surface area contributed by atoms with Gasteiger partial charge < -0.3 is 54.4 Å². The molecule has 1 unspecified atom stereocenters. The molecular weight excluding hydrogens is 670 g/mol. The average Bonchev–Trinajstić information content (AvgIpc) is 3.63. The van der Waals surface area contributed by atoms with Crippen molar-refractivity contribution in [3.8, 4) is 23.0 Å². The fourth-order valence-electron chi connectivity index (χ4n) is 8.77. The molecule has 1 saturated carbocycles. The predicted octanol–water partition coefficient (Wildman–Crippen LogP) is 4.91. The molecule has 13 nitrogen and oxygen atoms in total. The molecule has 0 radical (unpaired) electrons. The van der Waals surface area contributed by atoms with Gasteiger partial charge >= 0.3 is 6.03 Å². The second-order valence-electron chi connectivity index (χ2n) is 14.6. The third-order valence-corrected chi connectivity index (χ3v) is 11.3. The van der Waals surface area contributed by atoms with E-state index in [1.54, 1.807) is 25.2 Å². The molecule has 282 valence electrons. The molecule has 3 aliphatic heterocycles. The maximum absolute atomic E-state index is 14.0. The number of hydrogen-bond acceptors (Lipinski definition) is 11. The van der Waals surface area contributed by atoms with Gasteiger partial charge in [0.2, 0.25) is 18.9 Å². The summed E-state index contributed by atoms with van der Waals surface area (Å²) in [6.45, 7) is 1.14. The lowest BCUT2D eigenvalue weighted by Gasteiger charge is -2.58. The van der Waals surface area contributed by atoms with Gasteiger partial charge in [0.05, 0.1) is 18.2 Å². The zero-order valence-corrected chi connectivity index (χ0v) is 29.7. The van der Waals surface area contributed by atoms with Crippen LogP contribution in [0.3, 0.4) is 0 Å². The number of amides is 2. The largest absolute Gasteiger partial charge is 0.508 e. The fraction of sp³-hybridized carbons (Fsp3) is 0.590. The van der Waals surface area contributed by atoms with E-state index in [-0.39, 0.29) is 56.5 Å². The van der Waals surface area contributed by atoms with Crippen LogP contribution >= 0.6 is 0 Å². The molecule has 1 saturated heterocycles. The zero-order valence-electron chi connectivity index (χ0n) is 29.7. The molecule has 2 aliphatic carbocycles. The third-order valence-electron chi connectivity index (χ3n) is 11.3. The number of rotatable bonds is 13. The number of hydrogen-bond donors (Lipinski definition) is 5. The third kappa shape index (κ3) is 7.28. The molecule has 7 atom stereocenters. The number of phenols is 1. The molecule has 52 heavy (non-hydrogen) atoms. The first-order valence-corrected chi connectivity index (χ1v) is 18.7. The van der Waals surface area contributed by atoms with E-state index < -0.39 is 30.1 Å².